The van der Waals surface area contributed by atoms with Crippen LogP contribution in [0.15, 0.2) is 29.3 Å². The number of likely N-dealkylation sites (N-methyl/N-ethyl adjacent to an activating group) is 1. The maximum atomic E-state index is 6.49. The monoisotopic (exact) mass is 554 g/mol. The van der Waals surface area contributed by atoms with E-state index in [0.29, 0.717) is 19.8 Å². The maximum Gasteiger partial charge on any atom is 0.191 e. The number of guanidine groups is 1. The molecule has 0 aromatic heterocycles. The molecule has 1 aromatic carbocycles. The number of nitrogens with zero attached hydrogens (tertiary/aromatic N) is 2. The summed E-state index contributed by atoms with van der Waals surface area (Å²) in [5, 5.41) is 7.56. The van der Waals surface area contributed by atoms with E-state index in [1.165, 1.54) is 0 Å². The zero-order chi connectivity index (χ0) is 21.3. The van der Waals surface area contributed by atoms with Gasteiger partial charge in [-0.15, -0.1) is 24.0 Å². The first-order valence-corrected chi connectivity index (χ1v) is 11.1. The minimum absolute atomic E-state index is 0. The van der Waals surface area contributed by atoms with Gasteiger partial charge >= 0.3 is 0 Å². The molecule has 0 aliphatic rings. The molecule has 2 N–H and O–H groups in total. The second-order valence-corrected chi connectivity index (χ2v) is 7.12. The van der Waals surface area contributed by atoms with E-state index < -0.39 is 0 Å². The van der Waals surface area contributed by atoms with Gasteiger partial charge in [-0.2, -0.15) is 0 Å². The molecule has 6 nitrogen and oxygen atoms in total. The number of hydrogen-bond acceptors (Lipinski definition) is 4. The topological polar surface area (TPSA) is 58.1 Å². The normalized spacial score (nSPS) is 12.5. The zero-order valence-electron chi connectivity index (χ0n) is 19.0. The van der Waals surface area contributed by atoms with E-state index >= 15 is 0 Å². The number of aliphatic imine (C=N–C) groups is 1. The molecule has 8 heteroatoms. The Morgan fingerprint density at radius 3 is 2.43 bits per heavy atom. The standard InChI is InChI=1S/C22H39ClN4O2.HI/c1-5-24-22(25-14-10-11-15-29-17-16-28-4)26-18-21(27(6-2)7-3)19-12-8-9-13-20(19)23;/h8-9,12-13,21H,5-7,10-11,14-18H2,1-4H3,(H2,24,25,26);1H. The smallest absolute Gasteiger partial charge is 0.191 e. The fourth-order valence-electron chi connectivity index (χ4n) is 3.12. The molecule has 0 fully saturated rings. The highest BCUT2D eigenvalue weighted by molar-refractivity contribution is 14.0. The summed E-state index contributed by atoms with van der Waals surface area (Å²) in [6.07, 6.45) is 2.04. The minimum Gasteiger partial charge on any atom is -0.382 e. The molecule has 0 aliphatic heterocycles. The van der Waals surface area contributed by atoms with Crippen LogP contribution in [0.3, 0.4) is 0 Å². The van der Waals surface area contributed by atoms with Gasteiger partial charge in [0.05, 0.1) is 25.8 Å². The third-order valence-electron chi connectivity index (χ3n) is 4.72. The van der Waals surface area contributed by atoms with Crippen molar-refractivity contribution in [2.45, 2.75) is 39.7 Å². The van der Waals surface area contributed by atoms with Crippen molar-refractivity contribution in [1.29, 1.82) is 0 Å². The van der Waals surface area contributed by atoms with Gasteiger partial charge in [-0.1, -0.05) is 43.6 Å². The summed E-state index contributed by atoms with van der Waals surface area (Å²) in [4.78, 5) is 7.25. The number of hydrogen-bond donors (Lipinski definition) is 2. The Hall–Kier alpha value is -0.610. The predicted molar refractivity (Wildman–Crippen MR) is 138 cm³/mol. The molecule has 0 amide bonds. The summed E-state index contributed by atoms with van der Waals surface area (Å²) in [6.45, 7) is 12.7. The molecule has 0 aliphatic carbocycles. The zero-order valence-corrected chi connectivity index (χ0v) is 22.0. The number of nitrogens with one attached hydrogen (secondary N) is 2. The molecule has 0 radical (unpaired) electrons. The molecule has 0 bridgehead atoms. The van der Waals surface area contributed by atoms with Gasteiger partial charge in [-0.05, 0) is 44.5 Å². The summed E-state index contributed by atoms with van der Waals surface area (Å²) in [5.41, 5.74) is 1.13. The van der Waals surface area contributed by atoms with Crippen molar-refractivity contribution in [2.75, 3.05) is 59.7 Å². The molecule has 30 heavy (non-hydrogen) atoms. The Balaban J connectivity index is 0.00000841. The van der Waals surface area contributed by atoms with E-state index in [4.69, 9.17) is 26.1 Å². The summed E-state index contributed by atoms with van der Waals surface area (Å²) in [7, 11) is 1.69. The van der Waals surface area contributed by atoms with Gasteiger partial charge in [0.2, 0.25) is 0 Å². The second-order valence-electron chi connectivity index (χ2n) is 6.72. The largest absolute Gasteiger partial charge is 0.382 e. The fourth-order valence-corrected chi connectivity index (χ4v) is 3.38. The lowest BCUT2D eigenvalue weighted by molar-refractivity contribution is 0.0689. The van der Waals surface area contributed by atoms with E-state index in [2.05, 4.69) is 42.4 Å². The highest BCUT2D eigenvalue weighted by atomic mass is 127. The Kier molecular flexibility index (Phi) is 18.7. The second kappa shape index (κ2) is 19.1. The van der Waals surface area contributed by atoms with Crippen molar-refractivity contribution in [3.8, 4) is 0 Å². The average molecular weight is 555 g/mol. The third-order valence-corrected chi connectivity index (χ3v) is 5.07. The van der Waals surface area contributed by atoms with Gasteiger partial charge in [0.25, 0.3) is 0 Å². The summed E-state index contributed by atoms with van der Waals surface area (Å²) < 4.78 is 10.5. The number of rotatable bonds is 15. The molecule has 0 heterocycles. The number of benzene rings is 1. The maximum absolute atomic E-state index is 6.49. The van der Waals surface area contributed by atoms with E-state index in [9.17, 15) is 0 Å². The Labute approximate surface area is 205 Å². The molecular weight excluding hydrogens is 515 g/mol. The van der Waals surface area contributed by atoms with Gasteiger partial charge in [0.15, 0.2) is 5.96 Å². The summed E-state index contributed by atoms with van der Waals surface area (Å²) >= 11 is 6.49. The van der Waals surface area contributed by atoms with Crippen molar-refractivity contribution in [2.24, 2.45) is 4.99 Å². The van der Waals surface area contributed by atoms with Crippen LogP contribution in [0.1, 0.15) is 45.2 Å². The van der Waals surface area contributed by atoms with Crippen LogP contribution in [-0.4, -0.2) is 70.5 Å². The number of halogens is 2. The van der Waals surface area contributed by atoms with E-state index in [1.807, 2.05) is 18.2 Å². The van der Waals surface area contributed by atoms with E-state index in [0.717, 1.165) is 62.2 Å². The highest BCUT2D eigenvalue weighted by Crippen LogP contribution is 2.27. The molecule has 0 saturated carbocycles. The number of ether oxygens (including phenoxy) is 2. The minimum atomic E-state index is 0. The lowest BCUT2D eigenvalue weighted by atomic mass is 10.1. The molecular formula is C22H40ClIN4O2. The molecule has 1 aromatic rings. The Bertz CT molecular complexity index is 574. The SMILES string of the molecule is CCNC(=NCC(c1ccccc1Cl)N(CC)CC)NCCCCOCCOC.I. The summed E-state index contributed by atoms with van der Waals surface area (Å²) in [5.74, 6) is 0.844. The van der Waals surface area contributed by atoms with Crippen LogP contribution in [0, 0.1) is 0 Å². The van der Waals surface area contributed by atoms with Crippen LogP contribution >= 0.6 is 35.6 Å². The lowest BCUT2D eigenvalue weighted by Gasteiger charge is -2.29. The summed E-state index contributed by atoms with van der Waals surface area (Å²) in [6, 6.07) is 8.22. The van der Waals surface area contributed by atoms with Crippen LogP contribution in [-0.2, 0) is 9.47 Å². The highest BCUT2D eigenvalue weighted by Gasteiger charge is 2.20. The van der Waals surface area contributed by atoms with E-state index in [-0.39, 0.29) is 30.0 Å². The van der Waals surface area contributed by atoms with Gasteiger partial charge < -0.3 is 20.1 Å². The predicted octanol–water partition coefficient (Wildman–Crippen LogP) is 4.34. The molecule has 1 atom stereocenters. The Morgan fingerprint density at radius 1 is 1.07 bits per heavy atom. The first kappa shape index (κ1) is 29.4. The number of unbranched alkanes of at least 4 members (excludes halogenated alkanes) is 1. The van der Waals surface area contributed by atoms with E-state index in [1.54, 1.807) is 7.11 Å². The average Bonchev–Trinajstić information content (AvgIpc) is 2.73. The quantitative estimate of drug-likeness (QED) is 0.146. The molecule has 0 spiro atoms. The van der Waals surface area contributed by atoms with Crippen LogP contribution in [0.2, 0.25) is 5.02 Å². The van der Waals surface area contributed by atoms with Crippen LogP contribution in [0.25, 0.3) is 0 Å². The van der Waals surface area contributed by atoms with Crippen LogP contribution in [0.5, 0.6) is 0 Å². The Morgan fingerprint density at radius 2 is 1.80 bits per heavy atom. The third kappa shape index (κ3) is 11.7. The number of methoxy groups -OCH3 is 1. The van der Waals surface area contributed by atoms with Crippen molar-refractivity contribution in [3.05, 3.63) is 34.9 Å². The van der Waals surface area contributed by atoms with Gasteiger partial charge in [0, 0.05) is 31.8 Å². The van der Waals surface area contributed by atoms with Crippen LogP contribution in [0.4, 0.5) is 0 Å². The molecule has 1 rings (SSSR count). The molecule has 174 valence electrons. The first-order chi connectivity index (χ1) is 14.2. The lowest BCUT2D eigenvalue weighted by Crippen LogP contribution is -2.39. The van der Waals surface area contributed by atoms with Gasteiger partial charge in [0.1, 0.15) is 0 Å². The van der Waals surface area contributed by atoms with Crippen molar-refractivity contribution < 1.29 is 9.47 Å². The van der Waals surface area contributed by atoms with Gasteiger partial charge in [-0.25, -0.2) is 0 Å². The molecule has 1 unspecified atom stereocenters. The van der Waals surface area contributed by atoms with Crippen molar-refractivity contribution >= 4 is 41.5 Å². The van der Waals surface area contributed by atoms with Crippen molar-refractivity contribution in [3.63, 3.8) is 0 Å². The molecule has 0 saturated heterocycles. The fraction of sp³-hybridized carbons (Fsp3) is 0.682. The van der Waals surface area contributed by atoms with Crippen LogP contribution < -0.4 is 10.6 Å². The van der Waals surface area contributed by atoms with Gasteiger partial charge in [-0.3, -0.25) is 9.89 Å². The van der Waals surface area contributed by atoms with Crippen molar-refractivity contribution in [1.82, 2.24) is 15.5 Å². The first-order valence-electron chi connectivity index (χ1n) is 10.7.